The maximum Gasteiger partial charge on any atom is 0.305 e. The Balaban J connectivity index is 2.60. The summed E-state index contributed by atoms with van der Waals surface area (Å²) < 4.78 is 9.08. The smallest absolute Gasteiger partial charge is 0.305 e. The Labute approximate surface area is 88.9 Å². The van der Waals surface area contributed by atoms with Gasteiger partial charge in [-0.15, -0.1) is 0 Å². The normalized spacial score (nSPS) is 11.9. The molecular formula is C10H16N3O2+. The zero-order valence-electron chi connectivity index (χ0n) is 9.00. The lowest BCUT2D eigenvalue weighted by molar-refractivity contribution is -0.672. The SMILES string of the molecule is C/C=C\COCn1cc[n+](C)c1/C=N\O. The number of aromatic nitrogens is 2. The first-order chi connectivity index (χ1) is 7.29. The minimum atomic E-state index is 0.437. The molecule has 82 valence electrons. The molecule has 0 spiro atoms. The lowest BCUT2D eigenvalue weighted by Crippen LogP contribution is -2.32. The zero-order chi connectivity index (χ0) is 11.1. The number of aryl methyl sites for hydroxylation is 1. The van der Waals surface area contributed by atoms with Gasteiger partial charge in [0.15, 0.2) is 12.9 Å². The average molecular weight is 210 g/mol. The second kappa shape index (κ2) is 5.98. The van der Waals surface area contributed by atoms with Crippen LogP contribution >= 0.6 is 0 Å². The van der Waals surface area contributed by atoms with Crippen LogP contribution in [0.5, 0.6) is 0 Å². The van der Waals surface area contributed by atoms with E-state index in [-0.39, 0.29) is 0 Å². The summed E-state index contributed by atoms with van der Waals surface area (Å²) in [5.41, 5.74) is 0. The predicted octanol–water partition coefficient (Wildman–Crippen LogP) is 0.671. The minimum absolute atomic E-state index is 0.437. The van der Waals surface area contributed by atoms with Gasteiger partial charge in [-0.2, -0.15) is 0 Å². The summed E-state index contributed by atoms with van der Waals surface area (Å²) in [6.07, 6.45) is 8.98. The summed E-state index contributed by atoms with van der Waals surface area (Å²) in [7, 11) is 1.87. The predicted molar refractivity (Wildman–Crippen MR) is 55.8 cm³/mol. The van der Waals surface area contributed by atoms with E-state index >= 15 is 0 Å². The van der Waals surface area contributed by atoms with E-state index in [1.165, 1.54) is 6.21 Å². The minimum Gasteiger partial charge on any atom is -0.411 e. The molecule has 0 radical (unpaired) electrons. The molecule has 1 aromatic rings. The van der Waals surface area contributed by atoms with Crippen LogP contribution in [0.3, 0.4) is 0 Å². The molecule has 0 atom stereocenters. The van der Waals surface area contributed by atoms with Crippen LogP contribution in [0.1, 0.15) is 12.7 Å². The van der Waals surface area contributed by atoms with Crippen LogP contribution in [-0.4, -0.2) is 22.6 Å². The van der Waals surface area contributed by atoms with Crippen LogP contribution in [0.15, 0.2) is 29.7 Å². The van der Waals surface area contributed by atoms with Crippen molar-refractivity contribution in [3.8, 4) is 0 Å². The van der Waals surface area contributed by atoms with Gasteiger partial charge in [0, 0.05) is 0 Å². The van der Waals surface area contributed by atoms with Gasteiger partial charge in [-0.1, -0.05) is 17.3 Å². The number of hydrogen-bond donors (Lipinski definition) is 1. The highest BCUT2D eigenvalue weighted by molar-refractivity contribution is 5.72. The van der Waals surface area contributed by atoms with E-state index in [4.69, 9.17) is 9.94 Å². The molecule has 5 heteroatoms. The van der Waals surface area contributed by atoms with Gasteiger partial charge in [-0.05, 0) is 6.92 Å². The van der Waals surface area contributed by atoms with E-state index in [1.807, 2.05) is 47.7 Å². The number of nitrogens with zero attached hydrogens (tertiary/aromatic N) is 3. The summed E-state index contributed by atoms with van der Waals surface area (Å²) in [5, 5.41) is 11.5. The number of oxime groups is 1. The van der Waals surface area contributed by atoms with Crippen LogP contribution in [-0.2, 0) is 18.5 Å². The van der Waals surface area contributed by atoms with Gasteiger partial charge in [-0.3, -0.25) is 0 Å². The van der Waals surface area contributed by atoms with E-state index in [2.05, 4.69) is 5.16 Å². The Morgan fingerprint density at radius 3 is 3.13 bits per heavy atom. The van der Waals surface area contributed by atoms with Crippen LogP contribution in [0.2, 0.25) is 0 Å². The lowest BCUT2D eigenvalue weighted by Gasteiger charge is -1.98. The third kappa shape index (κ3) is 3.21. The second-order valence-corrected chi connectivity index (χ2v) is 3.05. The fourth-order valence-electron chi connectivity index (χ4n) is 1.18. The largest absolute Gasteiger partial charge is 0.411 e. The van der Waals surface area contributed by atoms with Gasteiger partial charge >= 0.3 is 5.82 Å². The number of rotatable bonds is 5. The van der Waals surface area contributed by atoms with E-state index in [1.54, 1.807) is 0 Å². The van der Waals surface area contributed by atoms with Crippen molar-refractivity contribution in [1.29, 1.82) is 0 Å². The maximum atomic E-state index is 8.49. The number of hydrogen-bond acceptors (Lipinski definition) is 3. The molecule has 0 fully saturated rings. The fourth-order valence-corrected chi connectivity index (χ4v) is 1.18. The van der Waals surface area contributed by atoms with Gasteiger partial charge in [0.1, 0.15) is 12.4 Å². The molecule has 1 rings (SSSR count). The standard InChI is InChI=1S/C10H15N3O2/c1-3-4-7-15-9-13-6-5-12(2)10(13)8-11-14/h3-6,8H,7,9H2,1-2H3/p+1/b4-3-. The van der Waals surface area contributed by atoms with Gasteiger partial charge in [0.25, 0.3) is 0 Å². The summed E-state index contributed by atoms with van der Waals surface area (Å²) in [5.74, 6) is 0.776. The Hall–Kier alpha value is -1.62. The number of ether oxygens (including phenoxy) is 1. The number of allylic oxidation sites excluding steroid dienone is 1. The van der Waals surface area contributed by atoms with E-state index in [0.717, 1.165) is 5.82 Å². The van der Waals surface area contributed by atoms with Crippen molar-refractivity contribution in [1.82, 2.24) is 4.57 Å². The van der Waals surface area contributed by atoms with Gasteiger partial charge in [0.05, 0.1) is 13.7 Å². The van der Waals surface area contributed by atoms with Crippen LogP contribution in [0.25, 0.3) is 0 Å². The third-order valence-corrected chi connectivity index (χ3v) is 1.98. The Bertz CT molecular complexity index is 356. The van der Waals surface area contributed by atoms with Gasteiger partial charge in [0.2, 0.25) is 0 Å². The first-order valence-electron chi connectivity index (χ1n) is 4.70. The molecule has 5 nitrogen and oxygen atoms in total. The van der Waals surface area contributed by atoms with Crippen molar-refractivity contribution in [2.24, 2.45) is 12.2 Å². The maximum absolute atomic E-state index is 8.49. The topological polar surface area (TPSA) is 50.6 Å². The molecule has 0 bridgehead atoms. The molecule has 0 saturated carbocycles. The van der Waals surface area contributed by atoms with Crippen molar-refractivity contribution in [2.75, 3.05) is 6.61 Å². The molecule has 0 aliphatic carbocycles. The molecular weight excluding hydrogens is 194 g/mol. The third-order valence-electron chi connectivity index (χ3n) is 1.98. The summed E-state index contributed by atoms with van der Waals surface area (Å²) in [6.45, 7) is 2.96. The van der Waals surface area contributed by atoms with E-state index < -0.39 is 0 Å². The van der Waals surface area contributed by atoms with Crippen LogP contribution in [0, 0.1) is 0 Å². The van der Waals surface area contributed by atoms with Gasteiger partial charge < -0.3 is 9.94 Å². The molecule has 1 N–H and O–H groups in total. The van der Waals surface area contributed by atoms with Gasteiger partial charge in [-0.25, -0.2) is 9.13 Å². The first-order valence-corrected chi connectivity index (χ1v) is 4.70. The quantitative estimate of drug-likeness (QED) is 0.194. The molecule has 0 aliphatic rings. The number of imidazole rings is 1. The summed E-state index contributed by atoms with van der Waals surface area (Å²) >= 11 is 0. The molecule has 1 heterocycles. The Kier molecular flexibility index (Phi) is 4.56. The molecule has 0 amide bonds. The van der Waals surface area contributed by atoms with E-state index in [0.29, 0.717) is 13.3 Å². The monoisotopic (exact) mass is 210 g/mol. The summed E-state index contributed by atoms with van der Waals surface area (Å²) in [6, 6.07) is 0. The second-order valence-electron chi connectivity index (χ2n) is 3.05. The molecule has 0 saturated heterocycles. The molecule has 0 aromatic carbocycles. The molecule has 0 unspecified atom stereocenters. The van der Waals surface area contributed by atoms with Crippen molar-refractivity contribution < 1.29 is 14.5 Å². The van der Waals surface area contributed by atoms with Crippen molar-refractivity contribution in [3.63, 3.8) is 0 Å². The van der Waals surface area contributed by atoms with Crippen LogP contribution < -0.4 is 4.57 Å². The van der Waals surface area contributed by atoms with E-state index in [9.17, 15) is 0 Å². The Morgan fingerprint density at radius 2 is 2.47 bits per heavy atom. The highest BCUT2D eigenvalue weighted by atomic mass is 16.5. The highest BCUT2D eigenvalue weighted by Gasteiger charge is 2.11. The first kappa shape index (κ1) is 11.5. The zero-order valence-corrected chi connectivity index (χ0v) is 9.00. The highest BCUT2D eigenvalue weighted by Crippen LogP contribution is 1.93. The van der Waals surface area contributed by atoms with Crippen molar-refractivity contribution >= 4 is 6.21 Å². The Morgan fingerprint density at radius 1 is 1.67 bits per heavy atom. The van der Waals surface area contributed by atoms with Crippen molar-refractivity contribution in [3.05, 3.63) is 30.4 Å². The van der Waals surface area contributed by atoms with Crippen molar-refractivity contribution in [2.45, 2.75) is 13.7 Å². The molecule has 15 heavy (non-hydrogen) atoms. The van der Waals surface area contributed by atoms with Crippen LogP contribution in [0.4, 0.5) is 0 Å². The molecule has 1 aromatic heterocycles. The average Bonchev–Trinajstić information content (AvgIpc) is 2.57. The lowest BCUT2D eigenvalue weighted by atomic mass is 10.6. The summed E-state index contributed by atoms with van der Waals surface area (Å²) in [4.78, 5) is 0. The molecule has 0 aliphatic heterocycles. The fraction of sp³-hybridized carbons (Fsp3) is 0.400.